The van der Waals surface area contributed by atoms with Crippen molar-refractivity contribution >= 4 is 0 Å². The van der Waals surface area contributed by atoms with Crippen LogP contribution in [0.25, 0.3) is 0 Å². The highest BCUT2D eigenvalue weighted by atomic mass is 16.6. The Morgan fingerprint density at radius 1 is 1.29 bits per heavy atom. The van der Waals surface area contributed by atoms with E-state index in [9.17, 15) is 10.2 Å². The van der Waals surface area contributed by atoms with Crippen molar-refractivity contribution in [2.45, 2.75) is 58.2 Å². The number of nitrogens with zero attached hydrogens (tertiary/aromatic N) is 1. The summed E-state index contributed by atoms with van der Waals surface area (Å²) in [5, 5.41) is 20.9. The highest BCUT2D eigenvalue weighted by Crippen LogP contribution is 2.32. The average molecular weight is 335 g/mol. The predicted molar refractivity (Wildman–Crippen MR) is 91.7 cm³/mol. The Morgan fingerprint density at radius 2 is 2.04 bits per heavy atom. The van der Waals surface area contributed by atoms with Gasteiger partial charge in [-0.1, -0.05) is 6.07 Å². The molecule has 2 atom stereocenters. The molecule has 1 aromatic rings. The molecule has 1 fully saturated rings. The van der Waals surface area contributed by atoms with E-state index in [2.05, 4.69) is 0 Å². The van der Waals surface area contributed by atoms with E-state index < -0.39 is 18.1 Å². The molecule has 1 aliphatic heterocycles. The number of benzene rings is 1. The molecular weight excluding hydrogens is 306 g/mol. The number of aliphatic hydroxyl groups excluding tert-OH is 2. The van der Waals surface area contributed by atoms with Crippen molar-refractivity contribution in [2.75, 3.05) is 19.7 Å². The van der Waals surface area contributed by atoms with Crippen molar-refractivity contribution < 1.29 is 19.7 Å². The van der Waals surface area contributed by atoms with Gasteiger partial charge in [0.15, 0.2) is 0 Å². The summed E-state index contributed by atoms with van der Waals surface area (Å²) in [6.45, 7) is 7.47. The van der Waals surface area contributed by atoms with Gasteiger partial charge in [0.05, 0.1) is 18.3 Å². The molecule has 2 aliphatic rings. The molecule has 24 heavy (non-hydrogen) atoms. The lowest BCUT2D eigenvalue weighted by Gasteiger charge is -2.32. The van der Waals surface area contributed by atoms with Gasteiger partial charge in [0.2, 0.25) is 6.41 Å². The van der Waals surface area contributed by atoms with E-state index in [1.54, 1.807) is 4.90 Å². The second-order valence-corrected chi connectivity index (χ2v) is 7.93. The van der Waals surface area contributed by atoms with Crippen LogP contribution in [0.1, 0.15) is 50.8 Å². The maximum Gasteiger partial charge on any atom is 0.216 e. The minimum Gasteiger partial charge on any atom is -0.493 e. The van der Waals surface area contributed by atoms with Crippen LogP contribution in [0.15, 0.2) is 18.2 Å². The normalized spacial score (nSPS) is 23.5. The molecule has 0 spiro atoms. The van der Waals surface area contributed by atoms with Gasteiger partial charge >= 0.3 is 0 Å². The molecule has 3 rings (SSSR count). The highest BCUT2D eigenvalue weighted by Gasteiger charge is 2.29. The summed E-state index contributed by atoms with van der Waals surface area (Å²) >= 11 is 0. The van der Waals surface area contributed by atoms with Crippen LogP contribution in [0, 0.1) is 5.92 Å². The number of aliphatic hydroxyl groups is 2. The van der Waals surface area contributed by atoms with Crippen LogP contribution in [0.3, 0.4) is 0 Å². The molecule has 134 valence electrons. The van der Waals surface area contributed by atoms with Gasteiger partial charge < -0.3 is 19.7 Å². The standard InChI is InChI=1S/C19H29NO4/c1-19(2,3)24-18(22)20-9-8-14-6-7-15(23-12-13-4-5-13)10-16(14)17(21)11-20/h6-7,10,13,17-18,21-22H,4-5,8-9,11-12H2,1-3H3. The largest absolute Gasteiger partial charge is 0.493 e. The van der Waals surface area contributed by atoms with Crippen LogP contribution in [0.5, 0.6) is 5.75 Å². The Bertz CT molecular complexity index is 565. The van der Waals surface area contributed by atoms with E-state index in [1.165, 1.54) is 12.8 Å². The van der Waals surface area contributed by atoms with Gasteiger partial charge in [0, 0.05) is 13.1 Å². The van der Waals surface area contributed by atoms with E-state index in [-0.39, 0.29) is 0 Å². The van der Waals surface area contributed by atoms with E-state index in [0.29, 0.717) is 19.0 Å². The summed E-state index contributed by atoms with van der Waals surface area (Å²) < 4.78 is 11.4. The maximum absolute atomic E-state index is 10.6. The monoisotopic (exact) mass is 335 g/mol. The summed E-state index contributed by atoms with van der Waals surface area (Å²) in [7, 11) is 0. The number of fused-ring (bicyclic) bond motifs is 1. The van der Waals surface area contributed by atoms with Crippen molar-refractivity contribution in [1.29, 1.82) is 0 Å². The lowest BCUT2D eigenvalue weighted by Crippen LogP contribution is -2.43. The van der Waals surface area contributed by atoms with Gasteiger partial charge in [-0.2, -0.15) is 0 Å². The summed E-state index contributed by atoms with van der Waals surface area (Å²) in [6, 6.07) is 5.95. The van der Waals surface area contributed by atoms with Gasteiger partial charge in [0.1, 0.15) is 5.75 Å². The molecule has 1 aromatic carbocycles. The zero-order valence-corrected chi connectivity index (χ0v) is 14.9. The third kappa shape index (κ3) is 4.70. The van der Waals surface area contributed by atoms with Crippen molar-refractivity contribution in [3.63, 3.8) is 0 Å². The van der Waals surface area contributed by atoms with Crippen molar-refractivity contribution in [2.24, 2.45) is 5.92 Å². The second-order valence-electron chi connectivity index (χ2n) is 7.93. The highest BCUT2D eigenvalue weighted by molar-refractivity contribution is 5.38. The van der Waals surface area contributed by atoms with E-state index >= 15 is 0 Å². The SMILES string of the molecule is CC(C)(C)OC(O)N1CCc2ccc(OCC3CC3)cc2C(O)C1. The molecule has 1 heterocycles. The number of hydrogen-bond acceptors (Lipinski definition) is 5. The zero-order chi connectivity index (χ0) is 17.3. The van der Waals surface area contributed by atoms with E-state index in [0.717, 1.165) is 29.9 Å². The molecule has 0 saturated heterocycles. The lowest BCUT2D eigenvalue weighted by molar-refractivity contribution is -0.242. The molecule has 5 nitrogen and oxygen atoms in total. The first-order valence-electron chi connectivity index (χ1n) is 8.85. The third-order valence-electron chi connectivity index (χ3n) is 4.51. The fourth-order valence-electron chi connectivity index (χ4n) is 2.97. The van der Waals surface area contributed by atoms with Gasteiger partial charge in [0.25, 0.3) is 0 Å². The average Bonchev–Trinajstić information content (AvgIpc) is 3.32. The molecule has 0 amide bonds. The Hall–Kier alpha value is -1.14. The Balaban J connectivity index is 1.67. The molecule has 2 unspecified atom stereocenters. The smallest absolute Gasteiger partial charge is 0.216 e. The Kier molecular flexibility index (Phi) is 5.16. The zero-order valence-electron chi connectivity index (χ0n) is 14.9. The number of hydrogen-bond donors (Lipinski definition) is 2. The van der Waals surface area contributed by atoms with Crippen LogP contribution in [0.2, 0.25) is 0 Å². The van der Waals surface area contributed by atoms with E-state index in [4.69, 9.17) is 9.47 Å². The number of ether oxygens (including phenoxy) is 2. The van der Waals surface area contributed by atoms with Crippen molar-refractivity contribution in [3.8, 4) is 5.75 Å². The van der Waals surface area contributed by atoms with Crippen LogP contribution in [-0.4, -0.2) is 46.8 Å². The van der Waals surface area contributed by atoms with Gasteiger partial charge in [-0.3, -0.25) is 4.90 Å². The second kappa shape index (κ2) is 7.00. The van der Waals surface area contributed by atoms with Crippen LogP contribution >= 0.6 is 0 Å². The van der Waals surface area contributed by atoms with Crippen LogP contribution in [-0.2, 0) is 11.2 Å². The summed E-state index contributed by atoms with van der Waals surface area (Å²) in [6.07, 6.45) is 1.60. The fraction of sp³-hybridized carbons (Fsp3) is 0.684. The summed E-state index contributed by atoms with van der Waals surface area (Å²) in [5.74, 6) is 1.52. The first-order chi connectivity index (χ1) is 11.3. The molecule has 0 radical (unpaired) electrons. The topological polar surface area (TPSA) is 62.2 Å². The summed E-state index contributed by atoms with van der Waals surface area (Å²) in [5.41, 5.74) is 1.56. The Labute approximate surface area is 144 Å². The molecule has 0 bridgehead atoms. The molecule has 1 aliphatic carbocycles. The quantitative estimate of drug-likeness (QED) is 0.810. The first kappa shape index (κ1) is 17.7. The fourth-order valence-corrected chi connectivity index (χ4v) is 2.97. The predicted octanol–water partition coefficient (Wildman–Crippen LogP) is 2.46. The minimum atomic E-state index is -1.01. The van der Waals surface area contributed by atoms with Gasteiger partial charge in [-0.15, -0.1) is 0 Å². The first-order valence-corrected chi connectivity index (χ1v) is 8.85. The number of rotatable bonds is 5. The molecule has 5 heteroatoms. The van der Waals surface area contributed by atoms with E-state index in [1.807, 2.05) is 39.0 Å². The Morgan fingerprint density at radius 3 is 2.71 bits per heavy atom. The molecule has 2 N–H and O–H groups in total. The minimum absolute atomic E-state index is 0.344. The lowest BCUT2D eigenvalue weighted by atomic mass is 10.0. The van der Waals surface area contributed by atoms with Gasteiger partial charge in [-0.25, -0.2) is 0 Å². The summed E-state index contributed by atoms with van der Waals surface area (Å²) in [4.78, 5) is 1.78. The molecule has 0 aromatic heterocycles. The van der Waals surface area contributed by atoms with Crippen LogP contribution < -0.4 is 4.74 Å². The maximum atomic E-state index is 10.6. The number of β-amino-alcohol motifs (C(OH)–C–C–N with tert-alkyl or cyclic N) is 1. The van der Waals surface area contributed by atoms with Crippen molar-refractivity contribution in [1.82, 2.24) is 4.90 Å². The van der Waals surface area contributed by atoms with Crippen LogP contribution in [0.4, 0.5) is 0 Å². The van der Waals surface area contributed by atoms with Crippen molar-refractivity contribution in [3.05, 3.63) is 29.3 Å². The third-order valence-corrected chi connectivity index (χ3v) is 4.51. The molecule has 1 saturated carbocycles. The molecular formula is C19H29NO4. The van der Waals surface area contributed by atoms with Gasteiger partial charge in [-0.05, 0) is 69.2 Å².